The van der Waals surface area contributed by atoms with Crippen LogP contribution in [0.3, 0.4) is 0 Å². The minimum atomic E-state index is -0.310. The van der Waals surface area contributed by atoms with Crippen LogP contribution in [0.4, 0.5) is 10.1 Å². The average molecular weight is 251 g/mol. The van der Waals surface area contributed by atoms with Gasteiger partial charge in [-0.15, -0.1) is 0 Å². The summed E-state index contributed by atoms with van der Waals surface area (Å²) in [6.07, 6.45) is 2.37. The highest BCUT2D eigenvalue weighted by atomic mass is 19.1. The van der Waals surface area contributed by atoms with E-state index in [4.69, 9.17) is 5.73 Å². The van der Waals surface area contributed by atoms with E-state index < -0.39 is 0 Å². The molecule has 0 aliphatic carbocycles. The summed E-state index contributed by atoms with van der Waals surface area (Å²) in [5.41, 5.74) is 6.71. The van der Waals surface area contributed by atoms with Crippen molar-refractivity contribution in [3.63, 3.8) is 0 Å². The molecule has 18 heavy (non-hydrogen) atoms. The van der Waals surface area contributed by atoms with Crippen molar-refractivity contribution in [1.82, 2.24) is 9.80 Å². The first-order valence-electron chi connectivity index (χ1n) is 6.49. The molecule has 1 fully saturated rings. The highest BCUT2D eigenvalue weighted by Gasteiger charge is 2.20. The largest absolute Gasteiger partial charge is 0.396 e. The zero-order chi connectivity index (χ0) is 13.1. The van der Waals surface area contributed by atoms with Crippen LogP contribution in [0.1, 0.15) is 18.4 Å². The molecule has 0 aromatic heterocycles. The fourth-order valence-corrected chi connectivity index (χ4v) is 2.52. The van der Waals surface area contributed by atoms with Crippen molar-refractivity contribution in [3.05, 3.63) is 29.6 Å². The highest BCUT2D eigenvalue weighted by molar-refractivity contribution is 5.41. The third-order valence-electron chi connectivity index (χ3n) is 3.76. The van der Waals surface area contributed by atoms with Gasteiger partial charge >= 0.3 is 0 Å². The number of nitrogen functional groups attached to an aromatic ring is 1. The van der Waals surface area contributed by atoms with E-state index >= 15 is 0 Å². The Morgan fingerprint density at radius 1 is 1.33 bits per heavy atom. The van der Waals surface area contributed by atoms with Crippen molar-refractivity contribution < 1.29 is 4.39 Å². The molecule has 1 heterocycles. The van der Waals surface area contributed by atoms with Gasteiger partial charge in [-0.3, -0.25) is 4.90 Å². The van der Waals surface area contributed by atoms with Gasteiger partial charge in [-0.2, -0.15) is 0 Å². The molecule has 0 saturated carbocycles. The molecule has 0 atom stereocenters. The molecule has 2 rings (SSSR count). The molecule has 3 nitrogen and oxygen atoms in total. The van der Waals surface area contributed by atoms with Crippen LogP contribution in [0.2, 0.25) is 0 Å². The summed E-state index contributed by atoms with van der Waals surface area (Å²) in [5, 5.41) is 0. The van der Waals surface area contributed by atoms with Gasteiger partial charge < -0.3 is 10.6 Å². The third-order valence-corrected chi connectivity index (χ3v) is 3.76. The monoisotopic (exact) mass is 251 g/mol. The van der Waals surface area contributed by atoms with Crippen LogP contribution in [0.15, 0.2) is 18.2 Å². The van der Waals surface area contributed by atoms with Gasteiger partial charge in [0.25, 0.3) is 0 Å². The molecule has 1 aromatic rings. The minimum Gasteiger partial charge on any atom is -0.396 e. The number of nitrogens with two attached hydrogens (primary N) is 1. The summed E-state index contributed by atoms with van der Waals surface area (Å²) < 4.78 is 13.4. The molecule has 4 heteroatoms. The Morgan fingerprint density at radius 2 is 2.00 bits per heavy atom. The van der Waals surface area contributed by atoms with Gasteiger partial charge in [0.05, 0.1) is 5.69 Å². The zero-order valence-corrected chi connectivity index (χ0v) is 11.2. The number of anilines is 1. The maximum Gasteiger partial charge on any atom is 0.146 e. The average Bonchev–Trinajstić information content (AvgIpc) is 2.34. The van der Waals surface area contributed by atoms with Crippen LogP contribution in [0, 0.1) is 5.82 Å². The number of hydrogen-bond acceptors (Lipinski definition) is 3. The van der Waals surface area contributed by atoms with Crippen LogP contribution in [0.5, 0.6) is 0 Å². The minimum absolute atomic E-state index is 0.227. The number of halogens is 1. The smallest absolute Gasteiger partial charge is 0.146 e. The van der Waals surface area contributed by atoms with Gasteiger partial charge in [-0.1, -0.05) is 6.07 Å². The molecular formula is C14H22FN3. The van der Waals surface area contributed by atoms with Crippen molar-refractivity contribution in [1.29, 1.82) is 0 Å². The van der Waals surface area contributed by atoms with Crippen LogP contribution < -0.4 is 5.73 Å². The molecule has 0 amide bonds. The van der Waals surface area contributed by atoms with E-state index in [-0.39, 0.29) is 11.5 Å². The number of hydrogen-bond donors (Lipinski definition) is 1. The molecule has 1 aromatic carbocycles. The summed E-state index contributed by atoms with van der Waals surface area (Å²) in [6.45, 7) is 2.97. The van der Waals surface area contributed by atoms with Crippen molar-refractivity contribution in [2.24, 2.45) is 0 Å². The second kappa shape index (κ2) is 5.67. The Labute approximate surface area is 108 Å². The Morgan fingerprint density at radius 3 is 2.56 bits per heavy atom. The standard InChI is InChI=1S/C14H22FN3/c1-17(2)12-5-7-18(8-6-12)10-11-3-4-14(16)13(15)9-11/h3-4,9,12H,5-8,10,16H2,1-2H3. The molecule has 1 aliphatic heterocycles. The first-order valence-corrected chi connectivity index (χ1v) is 6.49. The van der Waals surface area contributed by atoms with E-state index in [2.05, 4.69) is 23.9 Å². The zero-order valence-electron chi connectivity index (χ0n) is 11.2. The normalized spacial score (nSPS) is 18.4. The molecule has 0 spiro atoms. The molecule has 1 saturated heterocycles. The topological polar surface area (TPSA) is 32.5 Å². The predicted octanol–water partition coefficient (Wildman–Crippen LogP) is 1.93. The lowest BCUT2D eigenvalue weighted by atomic mass is 10.0. The summed E-state index contributed by atoms with van der Waals surface area (Å²) in [7, 11) is 4.27. The predicted molar refractivity (Wildman–Crippen MR) is 72.8 cm³/mol. The Bertz CT molecular complexity index is 398. The van der Waals surface area contributed by atoms with Crippen molar-refractivity contribution in [2.75, 3.05) is 32.9 Å². The first-order chi connectivity index (χ1) is 8.56. The van der Waals surface area contributed by atoms with E-state index in [1.54, 1.807) is 12.1 Å². The molecule has 100 valence electrons. The number of likely N-dealkylation sites (tertiary alicyclic amines) is 1. The third kappa shape index (κ3) is 3.21. The SMILES string of the molecule is CN(C)C1CCN(Cc2ccc(N)c(F)c2)CC1. The molecule has 1 aliphatic rings. The number of piperidine rings is 1. The fourth-order valence-electron chi connectivity index (χ4n) is 2.52. The molecule has 0 radical (unpaired) electrons. The van der Waals surface area contributed by atoms with E-state index in [1.807, 2.05) is 6.07 Å². The molecule has 0 bridgehead atoms. The maximum atomic E-state index is 13.4. The van der Waals surface area contributed by atoms with E-state index in [1.165, 1.54) is 12.8 Å². The van der Waals surface area contributed by atoms with Gasteiger partial charge in [0, 0.05) is 12.6 Å². The van der Waals surface area contributed by atoms with Gasteiger partial charge in [-0.05, 0) is 57.7 Å². The maximum absolute atomic E-state index is 13.4. The number of benzene rings is 1. The van der Waals surface area contributed by atoms with Crippen molar-refractivity contribution in [2.45, 2.75) is 25.4 Å². The Hall–Kier alpha value is -1.13. The van der Waals surface area contributed by atoms with Gasteiger partial charge in [0.1, 0.15) is 5.82 Å². The number of rotatable bonds is 3. The van der Waals surface area contributed by atoms with Crippen molar-refractivity contribution >= 4 is 5.69 Å². The Balaban J connectivity index is 1.89. The Kier molecular flexibility index (Phi) is 4.19. The molecule has 2 N–H and O–H groups in total. The molecule has 0 unspecified atom stereocenters. The summed E-state index contributed by atoms with van der Waals surface area (Å²) in [6, 6.07) is 5.80. The second-order valence-electron chi connectivity index (χ2n) is 5.33. The second-order valence-corrected chi connectivity index (χ2v) is 5.33. The van der Waals surface area contributed by atoms with Crippen LogP contribution in [-0.4, -0.2) is 43.0 Å². The lowest BCUT2D eigenvalue weighted by molar-refractivity contribution is 0.140. The lowest BCUT2D eigenvalue weighted by Gasteiger charge is -2.35. The summed E-state index contributed by atoms with van der Waals surface area (Å²) >= 11 is 0. The van der Waals surface area contributed by atoms with Gasteiger partial charge in [0.2, 0.25) is 0 Å². The van der Waals surface area contributed by atoms with Crippen molar-refractivity contribution in [3.8, 4) is 0 Å². The first kappa shape index (κ1) is 13.3. The highest BCUT2D eigenvalue weighted by Crippen LogP contribution is 2.18. The summed E-state index contributed by atoms with van der Waals surface area (Å²) in [4.78, 5) is 4.67. The molecular weight excluding hydrogens is 229 g/mol. The van der Waals surface area contributed by atoms with E-state index in [0.29, 0.717) is 6.04 Å². The van der Waals surface area contributed by atoms with Crippen LogP contribution >= 0.6 is 0 Å². The van der Waals surface area contributed by atoms with Gasteiger partial charge in [0.15, 0.2) is 0 Å². The van der Waals surface area contributed by atoms with Gasteiger partial charge in [-0.25, -0.2) is 4.39 Å². The van der Waals surface area contributed by atoms with Crippen LogP contribution in [0.25, 0.3) is 0 Å². The van der Waals surface area contributed by atoms with E-state index in [0.717, 1.165) is 25.2 Å². The van der Waals surface area contributed by atoms with E-state index in [9.17, 15) is 4.39 Å². The number of nitrogens with zero attached hydrogens (tertiary/aromatic N) is 2. The lowest BCUT2D eigenvalue weighted by Crippen LogP contribution is -2.41. The van der Waals surface area contributed by atoms with Crippen LogP contribution in [-0.2, 0) is 6.54 Å². The summed E-state index contributed by atoms with van der Waals surface area (Å²) in [5.74, 6) is -0.310. The quantitative estimate of drug-likeness (QED) is 0.833. The fraction of sp³-hybridized carbons (Fsp3) is 0.571.